The number of thiophene rings is 1. The summed E-state index contributed by atoms with van der Waals surface area (Å²) in [5.74, 6) is 0. The van der Waals surface area contributed by atoms with Crippen LogP contribution in [0.1, 0.15) is 0 Å². The summed E-state index contributed by atoms with van der Waals surface area (Å²) < 4.78 is 3.75. The average molecular weight is 766 g/mol. The Kier molecular flexibility index (Phi) is 7.01. The monoisotopic (exact) mass is 766 g/mol. The highest BCUT2D eigenvalue weighted by Crippen LogP contribution is 2.52. The van der Waals surface area contributed by atoms with Crippen LogP contribution in [0.3, 0.4) is 0 Å². The summed E-state index contributed by atoms with van der Waals surface area (Å²) in [5.41, 5.74) is 7.66. The Labute approximate surface area is 233 Å². The Morgan fingerprint density at radius 2 is 0.719 bits per heavy atom. The number of halogens is 3. The van der Waals surface area contributed by atoms with Crippen molar-refractivity contribution in [1.82, 2.24) is 0 Å². The minimum atomic E-state index is 1.25. The Morgan fingerprint density at radius 3 is 1.12 bits per heavy atom. The molecule has 4 heteroatoms. The molecule has 0 fully saturated rings. The molecule has 0 aliphatic carbocycles. The van der Waals surface area contributed by atoms with E-state index in [4.69, 9.17) is 0 Å². The minimum Gasteiger partial charge on any atom is -0.134 e. The van der Waals surface area contributed by atoms with Gasteiger partial charge in [-0.25, -0.2) is 0 Å². The summed E-state index contributed by atoms with van der Waals surface area (Å²) in [5, 5.41) is 0. The van der Waals surface area contributed by atoms with Gasteiger partial charge in [0.1, 0.15) is 0 Å². The lowest BCUT2D eigenvalue weighted by Gasteiger charge is -2.11. The summed E-state index contributed by atoms with van der Waals surface area (Å²) in [7, 11) is 0. The summed E-state index contributed by atoms with van der Waals surface area (Å²) in [6.45, 7) is 0. The second kappa shape index (κ2) is 9.95. The Hall–Kier alpha value is -1.23. The first-order valence-corrected chi connectivity index (χ1v) is 14.2. The van der Waals surface area contributed by atoms with Crippen molar-refractivity contribution in [3.8, 4) is 43.1 Å². The standard InChI is InChI=1S/C28H17I3S/c29-22-12-6-19(7-13-22)26-25(18-4-2-1-3-5-18)27(20-8-14-23(30)15-9-20)32-28(26)21-10-16-24(31)17-11-21/h1-17H. The van der Waals surface area contributed by atoms with Crippen LogP contribution in [-0.4, -0.2) is 0 Å². The first-order chi connectivity index (χ1) is 15.6. The maximum absolute atomic E-state index is 2.38. The highest BCUT2D eigenvalue weighted by Gasteiger charge is 2.23. The van der Waals surface area contributed by atoms with Crippen LogP contribution in [0.2, 0.25) is 0 Å². The van der Waals surface area contributed by atoms with Gasteiger partial charge in [-0.15, -0.1) is 11.3 Å². The molecule has 0 bridgehead atoms. The summed E-state index contributed by atoms with van der Waals surface area (Å²) >= 11 is 9.02. The fraction of sp³-hybridized carbons (Fsp3) is 0. The van der Waals surface area contributed by atoms with Crippen LogP contribution in [0.15, 0.2) is 103 Å². The molecule has 0 aliphatic rings. The maximum atomic E-state index is 2.38. The topological polar surface area (TPSA) is 0 Å². The van der Waals surface area contributed by atoms with Crippen molar-refractivity contribution in [2.75, 3.05) is 0 Å². The van der Waals surface area contributed by atoms with Crippen molar-refractivity contribution >= 4 is 79.1 Å². The quantitative estimate of drug-likeness (QED) is 0.160. The molecule has 0 amide bonds. The van der Waals surface area contributed by atoms with Crippen LogP contribution >= 0.6 is 79.1 Å². The van der Waals surface area contributed by atoms with Crippen LogP contribution in [-0.2, 0) is 0 Å². The summed E-state index contributed by atoms with van der Waals surface area (Å²) in [6, 6.07) is 37.5. The average Bonchev–Trinajstić information content (AvgIpc) is 3.22. The second-order valence-corrected chi connectivity index (χ2v) is 12.2. The molecule has 0 unspecified atom stereocenters. The molecular weight excluding hydrogens is 749 g/mol. The molecule has 0 spiro atoms. The van der Waals surface area contributed by atoms with Crippen molar-refractivity contribution in [2.24, 2.45) is 0 Å². The fourth-order valence-electron chi connectivity index (χ4n) is 3.81. The molecule has 0 atom stereocenters. The van der Waals surface area contributed by atoms with E-state index in [-0.39, 0.29) is 0 Å². The highest BCUT2D eigenvalue weighted by molar-refractivity contribution is 14.1. The molecule has 32 heavy (non-hydrogen) atoms. The van der Waals surface area contributed by atoms with Crippen LogP contribution in [0.4, 0.5) is 0 Å². The molecular formula is C28H17I3S. The van der Waals surface area contributed by atoms with Gasteiger partial charge in [0.2, 0.25) is 0 Å². The van der Waals surface area contributed by atoms with E-state index in [9.17, 15) is 0 Å². The van der Waals surface area contributed by atoms with Crippen LogP contribution < -0.4 is 0 Å². The number of hydrogen-bond donors (Lipinski definition) is 0. The Morgan fingerprint density at radius 1 is 0.375 bits per heavy atom. The third kappa shape index (κ3) is 4.69. The van der Waals surface area contributed by atoms with Gasteiger partial charge < -0.3 is 0 Å². The minimum absolute atomic E-state index is 1.25. The normalized spacial score (nSPS) is 11.0. The van der Waals surface area contributed by atoms with E-state index in [1.165, 1.54) is 53.8 Å². The zero-order chi connectivity index (χ0) is 22.1. The number of hydrogen-bond acceptors (Lipinski definition) is 1. The fourth-order valence-corrected chi connectivity index (χ4v) is 6.25. The van der Waals surface area contributed by atoms with Crippen LogP contribution in [0, 0.1) is 10.7 Å². The summed E-state index contributed by atoms with van der Waals surface area (Å²) in [6.07, 6.45) is 0. The molecule has 0 saturated carbocycles. The van der Waals surface area contributed by atoms with E-state index in [2.05, 4.69) is 171 Å². The van der Waals surface area contributed by atoms with E-state index < -0.39 is 0 Å². The molecule has 5 aromatic rings. The van der Waals surface area contributed by atoms with Crippen molar-refractivity contribution < 1.29 is 0 Å². The number of rotatable bonds is 4. The lowest BCUT2D eigenvalue weighted by Crippen LogP contribution is -1.86. The Bertz CT molecular complexity index is 1350. The van der Waals surface area contributed by atoms with E-state index >= 15 is 0 Å². The SMILES string of the molecule is Ic1ccc(-c2sc(-c3ccc(I)cc3)c(-c3ccc(I)cc3)c2-c2ccccc2)cc1. The molecule has 1 aromatic heterocycles. The van der Waals surface area contributed by atoms with Gasteiger partial charge in [0, 0.05) is 31.6 Å². The van der Waals surface area contributed by atoms with Crippen LogP contribution in [0.25, 0.3) is 43.1 Å². The predicted octanol–water partition coefficient (Wildman–Crippen LogP) is 10.2. The zero-order valence-corrected chi connectivity index (χ0v) is 24.1. The van der Waals surface area contributed by atoms with Gasteiger partial charge in [-0.3, -0.25) is 0 Å². The lowest BCUT2D eigenvalue weighted by atomic mass is 9.91. The van der Waals surface area contributed by atoms with Crippen molar-refractivity contribution in [3.63, 3.8) is 0 Å². The molecule has 0 radical (unpaired) electrons. The van der Waals surface area contributed by atoms with Gasteiger partial charge in [0.25, 0.3) is 0 Å². The largest absolute Gasteiger partial charge is 0.134 e. The van der Waals surface area contributed by atoms with E-state index in [0.29, 0.717) is 0 Å². The van der Waals surface area contributed by atoms with E-state index in [1.807, 2.05) is 11.3 Å². The second-order valence-electron chi connectivity index (χ2n) is 7.40. The summed E-state index contributed by atoms with van der Waals surface area (Å²) in [4.78, 5) is 2.63. The molecule has 0 nitrogen and oxygen atoms in total. The van der Waals surface area contributed by atoms with Crippen molar-refractivity contribution in [3.05, 3.63) is 114 Å². The maximum Gasteiger partial charge on any atom is 0.0434 e. The van der Waals surface area contributed by atoms with Crippen molar-refractivity contribution in [1.29, 1.82) is 0 Å². The number of benzene rings is 4. The van der Waals surface area contributed by atoms with Gasteiger partial charge in [-0.1, -0.05) is 66.7 Å². The molecule has 1 heterocycles. The van der Waals surface area contributed by atoms with Crippen molar-refractivity contribution in [2.45, 2.75) is 0 Å². The molecule has 0 aliphatic heterocycles. The van der Waals surface area contributed by atoms with Gasteiger partial charge in [0.05, 0.1) is 0 Å². The Balaban J connectivity index is 1.86. The predicted molar refractivity (Wildman–Crippen MR) is 164 cm³/mol. The first kappa shape index (κ1) is 22.6. The van der Waals surface area contributed by atoms with Gasteiger partial charge >= 0.3 is 0 Å². The zero-order valence-electron chi connectivity index (χ0n) is 16.9. The molecule has 5 rings (SSSR count). The lowest BCUT2D eigenvalue weighted by molar-refractivity contribution is 1.58. The molecule has 0 N–H and O–H groups in total. The van der Waals surface area contributed by atoms with E-state index in [1.54, 1.807) is 0 Å². The van der Waals surface area contributed by atoms with Gasteiger partial charge in [0.15, 0.2) is 0 Å². The van der Waals surface area contributed by atoms with Gasteiger partial charge in [-0.05, 0) is 126 Å². The smallest absolute Gasteiger partial charge is 0.0434 e. The molecule has 0 saturated heterocycles. The third-order valence-corrected chi connectivity index (χ3v) is 8.76. The third-order valence-electron chi connectivity index (χ3n) is 5.32. The van der Waals surface area contributed by atoms with E-state index in [0.717, 1.165) is 0 Å². The van der Waals surface area contributed by atoms with Crippen LogP contribution in [0.5, 0.6) is 0 Å². The first-order valence-electron chi connectivity index (χ1n) is 10.1. The highest BCUT2D eigenvalue weighted by atomic mass is 127. The molecule has 156 valence electrons. The van der Waals surface area contributed by atoms with Gasteiger partial charge in [-0.2, -0.15) is 0 Å². The molecule has 4 aromatic carbocycles.